The summed E-state index contributed by atoms with van der Waals surface area (Å²) in [6.45, 7) is 4.61. The lowest BCUT2D eigenvalue weighted by Crippen LogP contribution is -2.28. The fourth-order valence-corrected chi connectivity index (χ4v) is 2.14. The van der Waals surface area contributed by atoms with Crippen molar-refractivity contribution in [2.45, 2.75) is 20.4 Å². The fourth-order valence-electron chi connectivity index (χ4n) is 1.79. The van der Waals surface area contributed by atoms with Crippen LogP contribution in [0.25, 0.3) is 0 Å². The lowest BCUT2D eigenvalue weighted by atomic mass is 10.2. The second kappa shape index (κ2) is 6.24. The number of aromatic nitrogens is 2. The van der Waals surface area contributed by atoms with E-state index in [0.29, 0.717) is 16.7 Å². The molecule has 0 fully saturated rings. The Balaban J connectivity index is 1.94. The normalized spacial score (nSPS) is 10.4. The zero-order valence-electron chi connectivity index (χ0n) is 11.7. The van der Waals surface area contributed by atoms with Crippen LogP contribution in [0, 0.1) is 13.8 Å². The van der Waals surface area contributed by atoms with E-state index in [4.69, 9.17) is 23.8 Å². The second-order valence-corrected chi connectivity index (χ2v) is 5.51. The summed E-state index contributed by atoms with van der Waals surface area (Å²) in [6, 6.07) is 7.70. The van der Waals surface area contributed by atoms with E-state index in [9.17, 15) is 0 Å². The standard InChI is InChI=1S/C14H17ClN4S/c1-9-4-5-11(15)7-13(9)17-14(20)16-8-12-6-10(2)19(3)18-12/h4-7H,8H2,1-3H3,(H2,16,17,20). The summed E-state index contributed by atoms with van der Waals surface area (Å²) in [5.74, 6) is 0. The molecule has 0 spiro atoms. The Morgan fingerprint density at radius 3 is 2.75 bits per heavy atom. The molecule has 2 aromatic rings. The van der Waals surface area contributed by atoms with Gasteiger partial charge in [0.25, 0.3) is 0 Å². The summed E-state index contributed by atoms with van der Waals surface area (Å²) < 4.78 is 1.84. The van der Waals surface area contributed by atoms with E-state index in [1.807, 2.05) is 49.8 Å². The summed E-state index contributed by atoms with van der Waals surface area (Å²) >= 11 is 11.3. The van der Waals surface area contributed by atoms with Crippen molar-refractivity contribution in [2.75, 3.05) is 5.32 Å². The molecular formula is C14H17ClN4S. The predicted molar refractivity (Wildman–Crippen MR) is 87.2 cm³/mol. The number of hydrogen-bond donors (Lipinski definition) is 2. The van der Waals surface area contributed by atoms with Crippen LogP contribution in [0.1, 0.15) is 17.0 Å². The van der Waals surface area contributed by atoms with E-state index < -0.39 is 0 Å². The second-order valence-electron chi connectivity index (χ2n) is 4.67. The number of nitrogens with zero attached hydrogens (tertiary/aromatic N) is 2. The van der Waals surface area contributed by atoms with Crippen molar-refractivity contribution < 1.29 is 0 Å². The minimum atomic E-state index is 0.554. The number of anilines is 1. The van der Waals surface area contributed by atoms with Crippen LogP contribution in [0.4, 0.5) is 5.69 Å². The van der Waals surface area contributed by atoms with Crippen molar-refractivity contribution in [3.63, 3.8) is 0 Å². The van der Waals surface area contributed by atoms with Gasteiger partial charge in [0.05, 0.1) is 12.2 Å². The molecule has 0 atom stereocenters. The van der Waals surface area contributed by atoms with E-state index in [1.54, 1.807) is 0 Å². The molecule has 0 saturated carbocycles. The van der Waals surface area contributed by atoms with E-state index in [1.165, 1.54) is 0 Å². The molecule has 1 aromatic heterocycles. The van der Waals surface area contributed by atoms with Gasteiger partial charge in [0, 0.05) is 23.5 Å². The maximum absolute atomic E-state index is 5.98. The van der Waals surface area contributed by atoms with Gasteiger partial charge < -0.3 is 10.6 Å². The highest BCUT2D eigenvalue weighted by Gasteiger charge is 2.04. The highest BCUT2D eigenvalue weighted by Crippen LogP contribution is 2.19. The van der Waals surface area contributed by atoms with Crippen LogP contribution >= 0.6 is 23.8 Å². The van der Waals surface area contributed by atoms with Gasteiger partial charge in [0.15, 0.2) is 5.11 Å². The van der Waals surface area contributed by atoms with Crippen molar-refractivity contribution in [3.05, 3.63) is 46.2 Å². The molecule has 106 valence electrons. The Morgan fingerprint density at radius 1 is 1.35 bits per heavy atom. The van der Waals surface area contributed by atoms with Crippen molar-refractivity contribution in [3.8, 4) is 0 Å². The number of hydrogen-bond acceptors (Lipinski definition) is 2. The van der Waals surface area contributed by atoms with Crippen LogP contribution in [-0.2, 0) is 13.6 Å². The monoisotopic (exact) mass is 308 g/mol. The van der Waals surface area contributed by atoms with E-state index in [-0.39, 0.29) is 0 Å². The third-order valence-corrected chi connectivity index (χ3v) is 3.52. The minimum absolute atomic E-state index is 0.554. The lowest BCUT2D eigenvalue weighted by Gasteiger charge is -2.12. The van der Waals surface area contributed by atoms with Crippen LogP contribution in [0.5, 0.6) is 0 Å². The molecule has 0 aliphatic carbocycles. The summed E-state index contributed by atoms with van der Waals surface area (Å²) in [5.41, 5.74) is 4.07. The zero-order chi connectivity index (χ0) is 14.7. The molecule has 0 unspecified atom stereocenters. The molecule has 0 aliphatic rings. The summed E-state index contributed by atoms with van der Waals surface area (Å²) in [7, 11) is 1.92. The lowest BCUT2D eigenvalue weighted by molar-refractivity contribution is 0.712. The van der Waals surface area contributed by atoms with Gasteiger partial charge in [-0.15, -0.1) is 0 Å². The number of benzene rings is 1. The van der Waals surface area contributed by atoms with Crippen molar-refractivity contribution in [2.24, 2.45) is 7.05 Å². The molecule has 0 amide bonds. The summed E-state index contributed by atoms with van der Waals surface area (Å²) in [4.78, 5) is 0. The van der Waals surface area contributed by atoms with Crippen LogP contribution in [0.15, 0.2) is 24.3 Å². The Bertz CT molecular complexity index is 617. The van der Waals surface area contributed by atoms with Gasteiger partial charge >= 0.3 is 0 Å². The first-order valence-corrected chi connectivity index (χ1v) is 7.05. The van der Waals surface area contributed by atoms with Crippen LogP contribution < -0.4 is 10.6 Å². The Labute approximate surface area is 129 Å². The maximum Gasteiger partial charge on any atom is 0.171 e. The Hall–Kier alpha value is -1.59. The molecule has 4 nitrogen and oxygen atoms in total. The topological polar surface area (TPSA) is 41.9 Å². The maximum atomic E-state index is 5.98. The Morgan fingerprint density at radius 2 is 2.10 bits per heavy atom. The van der Waals surface area contributed by atoms with Gasteiger partial charge in [0.1, 0.15) is 0 Å². The first-order chi connectivity index (χ1) is 9.45. The van der Waals surface area contributed by atoms with E-state index >= 15 is 0 Å². The van der Waals surface area contributed by atoms with E-state index in [0.717, 1.165) is 22.6 Å². The highest BCUT2D eigenvalue weighted by atomic mass is 35.5. The SMILES string of the molecule is Cc1ccc(Cl)cc1NC(=S)NCc1cc(C)n(C)n1. The average Bonchev–Trinajstić information content (AvgIpc) is 2.71. The third kappa shape index (κ3) is 3.71. The number of rotatable bonds is 3. The van der Waals surface area contributed by atoms with Gasteiger partial charge in [-0.2, -0.15) is 5.10 Å². The summed E-state index contributed by atoms with van der Waals surface area (Å²) in [6.07, 6.45) is 0. The molecule has 2 N–H and O–H groups in total. The molecule has 0 bridgehead atoms. The smallest absolute Gasteiger partial charge is 0.171 e. The van der Waals surface area contributed by atoms with Gasteiger partial charge in [-0.1, -0.05) is 17.7 Å². The first-order valence-electron chi connectivity index (χ1n) is 6.26. The molecule has 0 saturated heterocycles. The van der Waals surface area contributed by atoms with Crippen molar-refractivity contribution in [1.82, 2.24) is 15.1 Å². The fraction of sp³-hybridized carbons (Fsp3) is 0.286. The third-order valence-electron chi connectivity index (χ3n) is 3.04. The minimum Gasteiger partial charge on any atom is -0.357 e. The molecule has 1 aromatic carbocycles. The molecular weight excluding hydrogens is 292 g/mol. The molecule has 6 heteroatoms. The zero-order valence-corrected chi connectivity index (χ0v) is 13.3. The number of halogens is 1. The number of nitrogens with one attached hydrogen (secondary N) is 2. The molecule has 0 radical (unpaired) electrons. The van der Waals surface area contributed by atoms with Gasteiger partial charge in [-0.05, 0) is 49.8 Å². The predicted octanol–water partition coefficient (Wildman–Crippen LogP) is 3.18. The number of aryl methyl sites for hydroxylation is 3. The first kappa shape index (κ1) is 14.8. The van der Waals surface area contributed by atoms with Crippen LogP contribution in [-0.4, -0.2) is 14.9 Å². The largest absolute Gasteiger partial charge is 0.357 e. The average molecular weight is 309 g/mol. The van der Waals surface area contributed by atoms with E-state index in [2.05, 4.69) is 15.7 Å². The van der Waals surface area contributed by atoms with Gasteiger partial charge in [-0.3, -0.25) is 4.68 Å². The molecule has 0 aliphatic heterocycles. The highest BCUT2D eigenvalue weighted by molar-refractivity contribution is 7.80. The molecule has 20 heavy (non-hydrogen) atoms. The van der Waals surface area contributed by atoms with Gasteiger partial charge in [-0.25, -0.2) is 0 Å². The molecule has 1 heterocycles. The van der Waals surface area contributed by atoms with Crippen molar-refractivity contribution >= 4 is 34.6 Å². The number of thiocarbonyl (C=S) groups is 1. The summed E-state index contributed by atoms with van der Waals surface area (Å²) in [5, 5.41) is 11.9. The van der Waals surface area contributed by atoms with Gasteiger partial charge in [0.2, 0.25) is 0 Å². The Kier molecular flexibility index (Phi) is 4.62. The van der Waals surface area contributed by atoms with Crippen LogP contribution in [0.2, 0.25) is 5.02 Å². The van der Waals surface area contributed by atoms with Crippen molar-refractivity contribution in [1.29, 1.82) is 0 Å². The quantitative estimate of drug-likeness (QED) is 0.855. The van der Waals surface area contributed by atoms with Crippen LogP contribution in [0.3, 0.4) is 0 Å². The molecule has 2 rings (SSSR count).